The number of hydrogen-bond donors (Lipinski definition) is 0. The second-order valence-electron chi connectivity index (χ2n) is 6.42. The number of allylic oxidation sites excluding steroid dienone is 2. The molecular formula is C21H22O5S. The Morgan fingerprint density at radius 3 is 2.63 bits per heavy atom. The van der Waals surface area contributed by atoms with Gasteiger partial charge in [0.2, 0.25) is 5.76 Å². The lowest BCUT2D eigenvalue weighted by molar-refractivity contribution is 0.0489. The minimum atomic E-state index is -3.26. The van der Waals surface area contributed by atoms with Crippen LogP contribution in [-0.2, 0) is 14.6 Å². The molecule has 0 unspecified atom stereocenters. The fourth-order valence-electron chi connectivity index (χ4n) is 3.11. The fraction of sp³-hybridized carbons (Fsp3) is 0.286. The van der Waals surface area contributed by atoms with Crippen molar-refractivity contribution in [3.63, 3.8) is 0 Å². The molecule has 0 bridgehead atoms. The summed E-state index contributed by atoms with van der Waals surface area (Å²) in [6, 6.07) is 8.47. The number of esters is 1. The van der Waals surface area contributed by atoms with E-state index in [2.05, 4.69) is 6.92 Å². The zero-order valence-electron chi connectivity index (χ0n) is 15.6. The molecule has 5 nitrogen and oxygen atoms in total. The Morgan fingerprint density at radius 2 is 1.96 bits per heavy atom. The van der Waals surface area contributed by atoms with Gasteiger partial charge in [0.15, 0.2) is 9.84 Å². The van der Waals surface area contributed by atoms with Crippen LogP contribution in [0.25, 0.3) is 17.7 Å². The lowest BCUT2D eigenvalue weighted by atomic mass is 9.99. The first-order chi connectivity index (χ1) is 12.8. The van der Waals surface area contributed by atoms with E-state index in [0.29, 0.717) is 10.7 Å². The first kappa shape index (κ1) is 19.2. The molecule has 0 amide bonds. The highest BCUT2D eigenvalue weighted by molar-refractivity contribution is 7.90. The molecule has 2 aromatic rings. The van der Waals surface area contributed by atoms with Gasteiger partial charge in [-0.1, -0.05) is 25.5 Å². The van der Waals surface area contributed by atoms with E-state index in [4.69, 9.17) is 9.15 Å². The number of hydrogen-bond acceptors (Lipinski definition) is 5. The Balaban J connectivity index is 2.01. The van der Waals surface area contributed by atoms with Gasteiger partial charge >= 0.3 is 5.97 Å². The van der Waals surface area contributed by atoms with Crippen LogP contribution in [-0.4, -0.2) is 27.2 Å². The van der Waals surface area contributed by atoms with Gasteiger partial charge in [0.25, 0.3) is 0 Å². The largest absolute Gasteiger partial charge is 0.460 e. The van der Waals surface area contributed by atoms with E-state index in [1.165, 1.54) is 6.26 Å². The van der Waals surface area contributed by atoms with Crippen LogP contribution < -0.4 is 0 Å². The molecule has 1 aromatic carbocycles. The van der Waals surface area contributed by atoms with Crippen LogP contribution in [0.15, 0.2) is 45.2 Å². The molecule has 142 valence electrons. The number of furan rings is 1. The summed E-state index contributed by atoms with van der Waals surface area (Å²) in [5.41, 5.74) is 3.94. The highest BCUT2D eigenvalue weighted by Gasteiger charge is 2.21. The smallest absolute Gasteiger partial charge is 0.374 e. The van der Waals surface area contributed by atoms with Crippen LogP contribution >= 0.6 is 0 Å². The zero-order valence-corrected chi connectivity index (χ0v) is 16.4. The van der Waals surface area contributed by atoms with Crippen LogP contribution in [0.3, 0.4) is 0 Å². The summed E-state index contributed by atoms with van der Waals surface area (Å²) in [5.74, 6) is 0.224. The van der Waals surface area contributed by atoms with E-state index < -0.39 is 15.8 Å². The number of benzene rings is 1. The zero-order chi connectivity index (χ0) is 19.6. The Hall–Kier alpha value is -2.60. The molecule has 1 heterocycles. The molecule has 0 atom stereocenters. The van der Waals surface area contributed by atoms with Gasteiger partial charge in [0.05, 0.1) is 11.5 Å². The van der Waals surface area contributed by atoms with Gasteiger partial charge in [0, 0.05) is 6.26 Å². The van der Waals surface area contributed by atoms with E-state index in [1.807, 2.05) is 18.2 Å². The van der Waals surface area contributed by atoms with E-state index in [9.17, 15) is 13.2 Å². The Labute approximate surface area is 159 Å². The van der Waals surface area contributed by atoms with Crippen molar-refractivity contribution in [3.05, 3.63) is 58.6 Å². The minimum absolute atomic E-state index is 0.162. The van der Waals surface area contributed by atoms with Crippen molar-refractivity contribution in [2.45, 2.75) is 31.6 Å². The average Bonchev–Trinajstić information content (AvgIpc) is 3.20. The molecule has 1 aliphatic rings. The summed E-state index contributed by atoms with van der Waals surface area (Å²) in [4.78, 5) is 12.1. The van der Waals surface area contributed by atoms with Crippen molar-refractivity contribution < 1.29 is 22.4 Å². The highest BCUT2D eigenvalue weighted by atomic mass is 32.2. The van der Waals surface area contributed by atoms with Crippen LogP contribution in [0.2, 0.25) is 0 Å². The molecule has 0 aliphatic heterocycles. The van der Waals surface area contributed by atoms with Crippen LogP contribution in [0.5, 0.6) is 0 Å². The second-order valence-corrected chi connectivity index (χ2v) is 8.44. The van der Waals surface area contributed by atoms with Crippen LogP contribution in [0.4, 0.5) is 0 Å². The van der Waals surface area contributed by atoms with Crippen molar-refractivity contribution in [1.82, 2.24) is 0 Å². The fourth-order valence-corrected chi connectivity index (χ4v) is 3.76. The summed E-state index contributed by atoms with van der Waals surface area (Å²) < 4.78 is 34.2. The van der Waals surface area contributed by atoms with E-state index in [1.54, 1.807) is 31.2 Å². The standard InChI is InChI=1S/C21H22O5S/c1-4-6-14-11-15-12-17(27(3,23)24)8-9-18(15)19(14)13-16-7-10-20(26-16)21(22)25-5-2/h7-13H,4-6H2,1-3H3/b19-13+. The molecule has 0 spiro atoms. The van der Waals surface area contributed by atoms with Gasteiger partial charge in [-0.05, 0) is 66.0 Å². The second kappa shape index (κ2) is 7.56. The van der Waals surface area contributed by atoms with Crippen LogP contribution in [0.1, 0.15) is 54.1 Å². The lowest BCUT2D eigenvalue weighted by Crippen LogP contribution is -2.02. The number of sulfone groups is 1. The summed E-state index contributed by atoms with van der Waals surface area (Å²) in [6.45, 7) is 4.12. The van der Waals surface area contributed by atoms with Crippen molar-refractivity contribution in [3.8, 4) is 0 Å². The van der Waals surface area contributed by atoms with Gasteiger partial charge in [0.1, 0.15) is 5.76 Å². The molecular weight excluding hydrogens is 364 g/mol. The molecule has 0 saturated carbocycles. The Kier molecular flexibility index (Phi) is 5.37. The molecule has 0 radical (unpaired) electrons. The maximum Gasteiger partial charge on any atom is 0.374 e. The number of carbonyl (C=O) groups excluding carboxylic acids is 1. The predicted octanol–water partition coefficient (Wildman–Crippen LogP) is 4.60. The predicted molar refractivity (Wildman–Crippen MR) is 105 cm³/mol. The van der Waals surface area contributed by atoms with Crippen molar-refractivity contribution >= 4 is 33.5 Å². The third-order valence-electron chi connectivity index (χ3n) is 4.33. The topological polar surface area (TPSA) is 73.6 Å². The monoisotopic (exact) mass is 386 g/mol. The van der Waals surface area contributed by atoms with E-state index in [-0.39, 0.29) is 12.4 Å². The lowest BCUT2D eigenvalue weighted by Gasteiger charge is -2.07. The normalized spacial score (nSPS) is 14.9. The van der Waals surface area contributed by atoms with Gasteiger partial charge in [-0.2, -0.15) is 0 Å². The van der Waals surface area contributed by atoms with Gasteiger partial charge in [-0.3, -0.25) is 0 Å². The summed E-state index contributed by atoms with van der Waals surface area (Å²) >= 11 is 0. The molecule has 1 aromatic heterocycles. The average molecular weight is 386 g/mol. The molecule has 0 saturated heterocycles. The molecule has 0 N–H and O–H groups in total. The van der Waals surface area contributed by atoms with Crippen molar-refractivity contribution in [2.24, 2.45) is 0 Å². The summed E-state index contributed by atoms with van der Waals surface area (Å²) in [5, 5.41) is 0. The summed E-state index contributed by atoms with van der Waals surface area (Å²) in [7, 11) is -3.26. The highest BCUT2D eigenvalue weighted by Crippen LogP contribution is 2.40. The number of carbonyl (C=O) groups is 1. The van der Waals surface area contributed by atoms with E-state index >= 15 is 0 Å². The Bertz CT molecular complexity index is 1040. The van der Waals surface area contributed by atoms with Crippen LogP contribution in [0, 0.1) is 0 Å². The minimum Gasteiger partial charge on any atom is -0.460 e. The Morgan fingerprint density at radius 1 is 1.19 bits per heavy atom. The molecule has 1 aliphatic carbocycles. The SMILES string of the molecule is CCCC1=Cc2cc(S(C)(=O)=O)ccc2/C1=C/c1ccc(C(=O)OCC)o1. The number of fused-ring (bicyclic) bond motifs is 1. The molecule has 0 fully saturated rings. The van der Waals surface area contributed by atoms with Gasteiger partial charge in [-0.25, -0.2) is 13.2 Å². The first-order valence-corrected chi connectivity index (χ1v) is 10.8. The van der Waals surface area contributed by atoms with Crippen molar-refractivity contribution in [1.29, 1.82) is 0 Å². The summed E-state index contributed by atoms with van der Waals surface area (Å²) in [6.07, 6.45) is 6.93. The number of ether oxygens (including phenoxy) is 1. The third-order valence-corrected chi connectivity index (χ3v) is 5.44. The molecule has 3 rings (SSSR count). The van der Waals surface area contributed by atoms with E-state index in [0.717, 1.165) is 35.1 Å². The number of rotatable bonds is 6. The maximum absolute atomic E-state index is 11.8. The maximum atomic E-state index is 11.8. The third kappa shape index (κ3) is 4.06. The van der Waals surface area contributed by atoms with Gasteiger partial charge < -0.3 is 9.15 Å². The quantitative estimate of drug-likeness (QED) is 0.679. The first-order valence-electron chi connectivity index (χ1n) is 8.87. The van der Waals surface area contributed by atoms with Gasteiger partial charge in [-0.15, -0.1) is 0 Å². The van der Waals surface area contributed by atoms with Crippen molar-refractivity contribution in [2.75, 3.05) is 12.9 Å². The molecule has 27 heavy (non-hydrogen) atoms. The molecule has 6 heteroatoms.